The quantitative estimate of drug-likeness (QED) is 0.720. The van der Waals surface area contributed by atoms with Crippen LogP contribution in [0, 0.1) is 5.92 Å². The van der Waals surface area contributed by atoms with Crippen molar-refractivity contribution in [2.24, 2.45) is 5.92 Å². The lowest BCUT2D eigenvalue weighted by atomic mass is 10.0. The lowest BCUT2D eigenvalue weighted by Crippen LogP contribution is -2.49. The fourth-order valence-corrected chi connectivity index (χ4v) is 1.59. The lowest BCUT2D eigenvalue weighted by molar-refractivity contribution is 0.0487. The Bertz CT molecular complexity index is 275. The molecule has 0 saturated heterocycles. The zero-order chi connectivity index (χ0) is 15.8. The van der Waals surface area contributed by atoms with Gasteiger partial charge in [-0.1, -0.05) is 13.8 Å². The van der Waals surface area contributed by atoms with E-state index in [0.717, 1.165) is 6.61 Å². The van der Waals surface area contributed by atoms with Crippen LogP contribution in [-0.4, -0.2) is 43.5 Å². The van der Waals surface area contributed by atoms with E-state index in [-0.39, 0.29) is 18.2 Å². The van der Waals surface area contributed by atoms with Crippen molar-refractivity contribution in [1.29, 1.82) is 0 Å². The second-order valence-electron chi connectivity index (χ2n) is 6.47. The van der Waals surface area contributed by atoms with Crippen LogP contribution in [0.2, 0.25) is 0 Å². The van der Waals surface area contributed by atoms with Crippen molar-refractivity contribution in [3.8, 4) is 0 Å². The van der Waals surface area contributed by atoms with Crippen LogP contribution in [-0.2, 0) is 9.47 Å². The van der Waals surface area contributed by atoms with E-state index in [0.29, 0.717) is 19.1 Å². The first-order valence-electron chi connectivity index (χ1n) is 7.46. The molecule has 120 valence electrons. The van der Waals surface area contributed by atoms with Gasteiger partial charge in [0, 0.05) is 25.2 Å². The predicted molar refractivity (Wildman–Crippen MR) is 82.0 cm³/mol. The molecule has 5 nitrogen and oxygen atoms in total. The lowest BCUT2D eigenvalue weighted by Gasteiger charge is -2.27. The molecule has 0 aromatic carbocycles. The van der Waals surface area contributed by atoms with Gasteiger partial charge in [0.1, 0.15) is 5.60 Å². The summed E-state index contributed by atoms with van der Waals surface area (Å²) in [5, 5.41) is 6.29. The van der Waals surface area contributed by atoms with Gasteiger partial charge in [-0.3, -0.25) is 0 Å². The Morgan fingerprint density at radius 1 is 1.20 bits per heavy atom. The smallest absolute Gasteiger partial charge is 0.407 e. The number of nitrogens with one attached hydrogen (secondary N) is 2. The van der Waals surface area contributed by atoms with Gasteiger partial charge in [-0.15, -0.1) is 0 Å². The molecule has 0 saturated carbocycles. The van der Waals surface area contributed by atoms with Gasteiger partial charge in [0.2, 0.25) is 0 Å². The molecule has 2 atom stereocenters. The molecule has 0 radical (unpaired) electrons. The fourth-order valence-electron chi connectivity index (χ4n) is 1.59. The van der Waals surface area contributed by atoms with Crippen molar-refractivity contribution in [1.82, 2.24) is 10.6 Å². The van der Waals surface area contributed by atoms with E-state index in [4.69, 9.17) is 9.47 Å². The van der Waals surface area contributed by atoms with E-state index in [9.17, 15) is 4.79 Å². The van der Waals surface area contributed by atoms with E-state index < -0.39 is 5.60 Å². The van der Waals surface area contributed by atoms with Gasteiger partial charge >= 0.3 is 6.09 Å². The number of carbonyl (C=O) groups excluding carboxylic acids is 1. The van der Waals surface area contributed by atoms with Gasteiger partial charge in [0.15, 0.2) is 0 Å². The van der Waals surface area contributed by atoms with Crippen LogP contribution in [0.15, 0.2) is 0 Å². The molecule has 0 aromatic heterocycles. The number of alkyl carbamates (subject to hydrolysis) is 1. The van der Waals surface area contributed by atoms with E-state index in [1.54, 1.807) is 0 Å². The van der Waals surface area contributed by atoms with Crippen LogP contribution in [0.5, 0.6) is 0 Å². The van der Waals surface area contributed by atoms with Crippen molar-refractivity contribution >= 4 is 6.09 Å². The van der Waals surface area contributed by atoms with E-state index in [1.807, 2.05) is 27.7 Å². The Morgan fingerprint density at radius 3 is 2.25 bits per heavy atom. The van der Waals surface area contributed by atoms with Crippen LogP contribution in [0.1, 0.15) is 48.5 Å². The molecule has 2 unspecified atom stereocenters. The molecule has 5 heteroatoms. The summed E-state index contributed by atoms with van der Waals surface area (Å²) in [6, 6.07) is 0.297. The summed E-state index contributed by atoms with van der Waals surface area (Å²) in [5.41, 5.74) is -0.471. The van der Waals surface area contributed by atoms with Crippen molar-refractivity contribution in [3.05, 3.63) is 0 Å². The van der Waals surface area contributed by atoms with Crippen LogP contribution in [0.3, 0.4) is 0 Å². The largest absolute Gasteiger partial charge is 0.444 e. The van der Waals surface area contributed by atoms with Crippen LogP contribution < -0.4 is 10.6 Å². The SMILES string of the molecule is CCOCC(C)NCC(NC(=O)OC(C)(C)C)C(C)C. The maximum Gasteiger partial charge on any atom is 0.407 e. The standard InChI is InChI=1S/C15H32N2O3/c1-8-19-10-12(4)16-9-13(11(2)3)17-14(18)20-15(5,6)7/h11-13,16H,8-10H2,1-7H3,(H,17,18). The normalized spacial score (nSPS) is 15.0. The van der Waals surface area contributed by atoms with Crippen molar-refractivity contribution in [3.63, 3.8) is 0 Å². The first-order chi connectivity index (χ1) is 9.15. The number of amides is 1. The monoisotopic (exact) mass is 288 g/mol. The maximum absolute atomic E-state index is 11.8. The van der Waals surface area contributed by atoms with Crippen molar-refractivity contribution in [2.75, 3.05) is 19.8 Å². The average molecular weight is 288 g/mol. The van der Waals surface area contributed by atoms with E-state index in [2.05, 4.69) is 31.4 Å². The van der Waals surface area contributed by atoms with Gasteiger partial charge in [-0.05, 0) is 40.5 Å². The number of ether oxygens (including phenoxy) is 2. The molecule has 0 heterocycles. The topological polar surface area (TPSA) is 59.6 Å². The second kappa shape index (κ2) is 9.19. The Kier molecular flexibility index (Phi) is 8.81. The molecule has 0 bridgehead atoms. The summed E-state index contributed by atoms with van der Waals surface area (Å²) < 4.78 is 10.6. The molecule has 1 amide bonds. The first kappa shape index (κ1) is 19.2. The van der Waals surface area contributed by atoms with E-state index in [1.165, 1.54) is 0 Å². The Labute approximate surface area is 123 Å². The predicted octanol–water partition coefficient (Wildman–Crippen LogP) is 2.55. The third-order valence-corrected chi connectivity index (χ3v) is 2.77. The zero-order valence-electron chi connectivity index (χ0n) is 14.1. The average Bonchev–Trinajstić information content (AvgIpc) is 2.29. The highest BCUT2D eigenvalue weighted by atomic mass is 16.6. The van der Waals surface area contributed by atoms with Gasteiger partial charge in [0.25, 0.3) is 0 Å². The molecular formula is C15H32N2O3. The van der Waals surface area contributed by atoms with Gasteiger partial charge in [0.05, 0.1) is 6.61 Å². The number of hydrogen-bond donors (Lipinski definition) is 2. The van der Waals surface area contributed by atoms with Gasteiger partial charge in [-0.2, -0.15) is 0 Å². The minimum Gasteiger partial charge on any atom is -0.444 e. The van der Waals surface area contributed by atoms with Crippen LogP contribution >= 0.6 is 0 Å². The third kappa shape index (κ3) is 10.0. The molecule has 2 N–H and O–H groups in total. The maximum atomic E-state index is 11.8. The van der Waals surface area contributed by atoms with Crippen molar-refractivity contribution < 1.29 is 14.3 Å². The van der Waals surface area contributed by atoms with Crippen molar-refractivity contribution in [2.45, 2.75) is 66.2 Å². The summed E-state index contributed by atoms with van der Waals surface area (Å²) >= 11 is 0. The summed E-state index contributed by atoms with van der Waals surface area (Å²) in [4.78, 5) is 11.8. The highest BCUT2D eigenvalue weighted by Gasteiger charge is 2.21. The Hall–Kier alpha value is -0.810. The van der Waals surface area contributed by atoms with E-state index >= 15 is 0 Å². The fraction of sp³-hybridized carbons (Fsp3) is 0.933. The third-order valence-electron chi connectivity index (χ3n) is 2.77. The summed E-state index contributed by atoms with van der Waals surface area (Å²) in [5.74, 6) is 0.328. The number of carbonyl (C=O) groups is 1. The molecule has 0 spiro atoms. The zero-order valence-corrected chi connectivity index (χ0v) is 14.1. The molecule has 0 aliphatic rings. The summed E-state index contributed by atoms with van der Waals surface area (Å²) in [6.45, 7) is 15.9. The number of rotatable bonds is 8. The highest BCUT2D eigenvalue weighted by Crippen LogP contribution is 2.08. The van der Waals surface area contributed by atoms with Crippen LogP contribution in [0.25, 0.3) is 0 Å². The number of hydrogen-bond acceptors (Lipinski definition) is 4. The molecule has 20 heavy (non-hydrogen) atoms. The highest BCUT2D eigenvalue weighted by molar-refractivity contribution is 5.68. The second-order valence-corrected chi connectivity index (χ2v) is 6.47. The molecular weight excluding hydrogens is 256 g/mol. The molecule has 0 aliphatic carbocycles. The van der Waals surface area contributed by atoms with Gasteiger partial charge < -0.3 is 20.1 Å². The molecule has 0 rings (SSSR count). The Balaban J connectivity index is 4.20. The molecule has 0 aromatic rings. The summed E-state index contributed by atoms with van der Waals surface area (Å²) in [6.07, 6.45) is -0.365. The summed E-state index contributed by atoms with van der Waals surface area (Å²) in [7, 11) is 0. The minimum atomic E-state index is -0.471. The minimum absolute atomic E-state index is 0.0360. The van der Waals surface area contributed by atoms with Gasteiger partial charge in [-0.25, -0.2) is 4.79 Å². The molecule has 0 fully saturated rings. The van der Waals surface area contributed by atoms with Crippen LogP contribution in [0.4, 0.5) is 4.79 Å². The Morgan fingerprint density at radius 2 is 1.80 bits per heavy atom. The first-order valence-corrected chi connectivity index (χ1v) is 7.46. The molecule has 0 aliphatic heterocycles.